The average Bonchev–Trinajstić information content (AvgIpc) is 2.33. The summed E-state index contributed by atoms with van der Waals surface area (Å²) in [7, 11) is 3.35. The molecule has 0 atom stereocenters. The van der Waals surface area contributed by atoms with E-state index < -0.39 is 0 Å². The summed E-state index contributed by atoms with van der Waals surface area (Å²) < 4.78 is 16.6. The minimum Gasteiger partial charge on any atom is -0.496 e. The van der Waals surface area contributed by atoms with E-state index in [9.17, 15) is 0 Å². The summed E-state index contributed by atoms with van der Waals surface area (Å²) in [5.74, 6) is 2.42. The van der Waals surface area contributed by atoms with Gasteiger partial charge in [-0.15, -0.1) is 0 Å². The number of methoxy groups -OCH3 is 2. The van der Waals surface area contributed by atoms with Gasteiger partial charge < -0.3 is 14.2 Å². The Labute approximate surface area is 110 Å². The fraction of sp³-hybridized carbons (Fsp3) is 0.600. The lowest BCUT2D eigenvalue weighted by atomic mass is 9.85. The van der Waals surface area contributed by atoms with Crippen molar-refractivity contribution in [3.63, 3.8) is 0 Å². The minimum absolute atomic E-state index is 0.0417. The van der Waals surface area contributed by atoms with Gasteiger partial charge in [0.25, 0.3) is 0 Å². The van der Waals surface area contributed by atoms with Gasteiger partial charge in [0.15, 0.2) is 0 Å². The minimum atomic E-state index is -0.0417. The zero-order chi connectivity index (χ0) is 13.8. The first-order chi connectivity index (χ1) is 8.43. The van der Waals surface area contributed by atoms with Crippen LogP contribution in [0.15, 0.2) is 12.1 Å². The summed E-state index contributed by atoms with van der Waals surface area (Å²) in [6, 6.07) is 3.86. The van der Waals surface area contributed by atoms with Gasteiger partial charge in [0.1, 0.15) is 17.2 Å². The van der Waals surface area contributed by atoms with Crippen LogP contribution in [0.3, 0.4) is 0 Å². The fourth-order valence-electron chi connectivity index (χ4n) is 1.93. The first-order valence-electron chi connectivity index (χ1n) is 6.33. The molecule has 1 aromatic carbocycles. The third-order valence-corrected chi connectivity index (χ3v) is 2.70. The summed E-state index contributed by atoms with van der Waals surface area (Å²) in [6.45, 7) is 9.19. The largest absolute Gasteiger partial charge is 0.496 e. The van der Waals surface area contributed by atoms with Crippen LogP contribution >= 0.6 is 0 Å². The van der Waals surface area contributed by atoms with E-state index in [1.165, 1.54) is 0 Å². The number of benzene rings is 1. The maximum Gasteiger partial charge on any atom is 0.129 e. The maximum absolute atomic E-state index is 5.65. The molecule has 102 valence electrons. The van der Waals surface area contributed by atoms with Crippen molar-refractivity contribution >= 4 is 0 Å². The molecular weight excluding hydrogens is 228 g/mol. The third kappa shape index (κ3) is 3.31. The molecule has 1 rings (SSSR count). The lowest BCUT2D eigenvalue weighted by Gasteiger charge is -2.25. The Morgan fingerprint density at radius 3 is 1.83 bits per heavy atom. The van der Waals surface area contributed by atoms with Gasteiger partial charge in [-0.2, -0.15) is 0 Å². The second-order valence-corrected chi connectivity index (χ2v) is 5.30. The van der Waals surface area contributed by atoms with Gasteiger partial charge in [0, 0.05) is 17.7 Å². The van der Waals surface area contributed by atoms with Gasteiger partial charge in [-0.1, -0.05) is 27.7 Å². The molecule has 0 radical (unpaired) electrons. The zero-order valence-electron chi connectivity index (χ0n) is 12.3. The molecule has 0 fully saturated rings. The van der Waals surface area contributed by atoms with Crippen LogP contribution in [0.5, 0.6) is 17.2 Å². The first kappa shape index (κ1) is 14.7. The number of hydrogen-bond donors (Lipinski definition) is 0. The highest BCUT2D eigenvalue weighted by atomic mass is 16.5. The highest BCUT2D eigenvalue weighted by Crippen LogP contribution is 2.41. The summed E-state index contributed by atoms with van der Waals surface area (Å²) in [5.41, 5.74) is 1.02. The van der Waals surface area contributed by atoms with Crippen LogP contribution in [0.25, 0.3) is 0 Å². The molecule has 0 aliphatic heterocycles. The van der Waals surface area contributed by atoms with Gasteiger partial charge in [-0.3, -0.25) is 0 Å². The van der Waals surface area contributed by atoms with Crippen LogP contribution in [0.1, 0.15) is 39.7 Å². The van der Waals surface area contributed by atoms with Crippen molar-refractivity contribution in [2.45, 2.75) is 39.5 Å². The highest BCUT2D eigenvalue weighted by molar-refractivity contribution is 5.53. The Morgan fingerprint density at radius 1 is 1.00 bits per heavy atom. The Bertz CT molecular complexity index is 366. The summed E-state index contributed by atoms with van der Waals surface area (Å²) in [5, 5.41) is 0. The normalized spacial score (nSPS) is 11.2. The molecule has 0 bridgehead atoms. The molecule has 0 N–H and O–H groups in total. The summed E-state index contributed by atoms with van der Waals surface area (Å²) in [4.78, 5) is 0. The molecule has 1 aromatic rings. The molecular formula is C15H24O3. The van der Waals surface area contributed by atoms with Gasteiger partial charge >= 0.3 is 0 Å². The molecule has 3 nitrogen and oxygen atoms in total. The van der Waals surface area contributed by atoms with Crippen molar-refractivity contribution < 1.29 is 14.2 Å². The van der Waals surface area contributed by atoms with Crippen LogP contribution in [-0.4, -0.2) is 20.8 Å². The topological polar surface area (TPSA) is 27.7 Å². The van der Waals surface area contributed by atoms with E-state index in [2.05, 4.69) is 27.7 Å². The molecule has 0 saturated carbocycles. The van der Waals surface area contributed by atoms with Crippen molar-refractivity contribution in [1.82, 2.24) is 0 Å². The molecule has 0 aromatic heterocycles. The van der Waals surface area contributed by atoms with E-state index in [0.717, 1.165) is 29.2 Å². The van der Waals surface area contributed by atoms with Gasteiger partial charge in [0.2, 0.25) is 0 Å². The molecule has 0 heterocycles. The van der Waals surface area contributed by atoms with Crippen molar-refractivity contribution in [2.75, 3.05) is 20.8 Å². The smallest absolute Gasteiger partial charge is 0.129 e. The van der Waals surface area contributed by atoms with Gasteiger partial charge in [0.05, 0.1) is 20.8 Å². The number of hydrogen-bond acceptors (Lipinski definition) is 3. The summed E-state index contributed by atoms with van der Waals surface area (Å²) in [6.07, 6.45) is 0.978. The molecule has 18 heavy (non-hydrogen) atoms. The molecule has 3 heteroatoms. The monoisotopic (exact) mass is 252 g/mol. The van der Waals surface area contributed by atoms with Gasteiger partial charge in [-0.25, -0.2) is 0 Å². The van der Waals surface area contributed by atoms with E-state index in [-0.39, 0.29) is 5.41 Å². The van der Waals surface area contributed by atoms with Crippen LogP contribution in [0.2, 0.25) is 0 Å². The Kier molecular flexibility index (Phi) is 4.88. The van der Waals surface area contributed by atoms with Crippen molar-refractivity contribution in [3.05, 3.63) is 17.7 Å². The molecule has 0 spiro atoms. The third-order valence-electron chi connectivity index (χ3n) is 2.70. The highest BCUT2D eigenvalue weighted by Gasteiger charge is 2.24. The molecule has 0 amide bonds. The predicted molar refractivity (Wildman–Crippen MR) is 74.0 cm³/mol. The number of rotatable bonds is 5. The van der Waals surface area contributed by atoms with Crippen molar-refractivity contribution in [1.29, 1.82) is 0 Å². The van der Waals surface area contributed by atoms with E-state index in [4.69, 9.17) is 14.2 Å². The summed E-state index contributed by atoms with van der Waals surface area (Å²) >= 11 is 0. The molecule has 0 aliphatic rings. The van der Waals surface area contributed by atoms with E-state index >= 15 is 0 Å². The van der Waals surface area contributed by atoms with Crippen molar-refractivity contribution in [3.8, 4) is 17.2 Å². The van der Waals surface area contributed by atoms with E-state index in [1.54, 1.807) is 14.2 Å². The van der Waals surface area contributed by atoms with Crippen molar-refractivity contribution in [2.24, 2.45) is 0 Å². The van der Waals surface area contributed by atoms with Gasteiger partial charge in [-0.05, 0) is 11.8 Å². The predicted octanol–water partition coefficient (Wildman–Crippen LogP) is 3.79. The molecule has 0 aliphatic carbocycles. The van der Waals surface area contributed by atoms with Crippen LogP contribution in [-0.2, 0) is 5.41 Å². The fourth-order valence-corrected chi connectivity index (χ4v) is 1.93. The first-order valence-corrected chi connectivity index (χ1v) is 6.33. The van der Waals surface area contributed by atoms with Crippen LogP contribution < -0.4 is 14.2 Å². The zero-order valence-corrected chi connectivity index (χ0v) is 12.3. The Hall–Kier alpha value is -1.38. The Balaban J connectivity index is 3.26. The van der Waals surface area contributed by atoms with Crippen LogP contribution in [0, 0.1) is 0 Å². The number of ether oxygens (including phenoxy) is 3. The average molecular weight is 252 g/mol. The van der Waals surface area contributed by atoms with E-state index in [1.807, 2.05) is 12.1 Å². The maximum atomic E-state index is 5.65. The second kappa shape index (κ2) is 5.98. The quantitative estimate of drug-likeness (QED) is 0.798. The lowest BCUT2D eigenvalue weighted by molar-refractivity contribution is 0.308. The van der Waals surface area contributed by atoms with Crippen LogP contribution in [0.4, 0.5) is 0 Å². The molecule has 0 unspecified atom stereocenters. The Morgan fingerprint density at radius 2 is 1.50 bits per heavy atom. The SMILES string of the molecule is CCCOc1cc(OC)c(C(C)(C)C)c(OC)c1. The standard InChI is InChI=1S/C15H24O3/c1-7-8-18-11-9-12(16-5)14(15(2,3)4)13(10-11)17-6/h9-10H,7-8H2,1-6H3. The molecule has 0 saturated heterocycles. The second-order valence-electron chi connectivity index (χ2n) is 5.30. The lowest BCUT2D eigenvalue weighted by Crippen LogP contribution is -2.15. The van der Waals surface area contributed by atoms with E-state index in [0.29, 0.717) is 6.61 Å².